The minimum absolute atomic E-state index is 0.324. The lowest BCUT2D eigenvalue weighted by Crippen LogP contribution is -2.40. The van der Waals surface area contributed by atoms with E-state index < -0.39 is 17.3 Å². The maximum Gasteiger partial charge on any atom is 0.416 e. The van der Waals surface area contributed by atoms with Gasteiger partial charge in [0.15, 0.2) is 0 Å². The fourth-order valence-electron chi connectivity index (χ4n) is 4.74. The van der Waals surface area contributed by atoms with Gasteiger partial charge in [0.05, 0.1) is 21.8 Å². The predicted molar refractivity (Wildman–Crippen MR) is 130 cm³/mol. The Labute approximate surface area is 206 Å². The number of nitrogens with one attached hydrogen (secondary N) is 1. The Hall–Kier alpha value is -2.56. The third-order valence-corrected chi connectivity index (χ3v) is 8.15. The van der Waals surface area contributed by atoms with Crippen LogP contribution in [0.2, 0.25) is 0 Å². The highest BCUT2D eigenvalue weighted by Gasteiger charge is 2.38. The first kappa shape index (κ1) is 24.1. The summed E-state index contributed by atoms with van der Waals surface area (Å²) < 4.78 is 40.4. The van der Waals surface area contributed by atoms with Crippen LogP contribution in [0.15, 0.2) is 36.5 Å². The molecule has 6 nitrogen and oxygen atoms in total. The summed E-state index contributed by atoms with van der Waals surface area (Å²) in [5.41, 5.74) is -0.538. The zero-order valence-electron chi connectivity index (χ0n) is 19.5. The van der Waals surface area contributed by atoms with Crippen molar-refractivity contribution in [1.82, 2.24) is 19.9 Å². The first-order valence-electron chi connectivity index (χ1n) is 11.9. The molecule has 3 heterocycles. The van der Waals surface area contributed by atoms with Gasteiger partial charge in [-0.1, -0.05) is 25.0 Å². The van der Waals surface area contributed by atoms with Crippen LogP contribution in [-0.2, 0) is 11.8 Å². The molecule has 1 saturated heterocycles. The molecule has 1 aromatic carbocycles. The number of thiazole rings is 1. The lowest BCUT2D eigenvalue weighted by Gasteiger charge is -2.34. The number of aromatic nitrogens is 3. The molecule has 1 aliphatic heterocycles. The Morgan fingerprint density at radius 1 is 1.11 bits per heavy atom. The van der Waals surface area contributed by atoms with E-state index in [4.69, 9.17) is 9.97 Å². The molecule has 5 rings (SSSR count). The Bertz CT molecular complexity index is 1180. The van der Waals surface area contributed by atoms with Gasteiger partial charge in [-0.2, -0.15) is 13.2 Å². The van der Waals surface area contributed by atoms with E-state index in [9.17, 15) is 18.3 Å². The third-order valence-electron chi connectivity index (χ3n) is 6.88. The SMILES string of the molecule is CN1CCC(O)(c2nc(-c3cccc(C(F)(F)F)c3)c(-c3ccnc(NC4CCCC4)n3)s2)CC1. The Morgan fingerprint density at radius 3 is 2.57 bits per heavy atom. The summed E-state index contributed by atoms with van der Waals surface area (Å²) in [6, 6.07) is 7.24. The molecule has 0 bridgehead atoms. The molecule has 0 radical (unpaired) electrons. The van der Waals surface area contributed by atoms with Crippen molar-refractivity contribution in [2.75, 3.05) is 25.5 Å². The molecule has 1 saturated carbocycles. The number of likely N-dealkylation sites (tertiary alicyclic amines) is 1. The molecule has 0 atom stereocenters. The zero-order valence-corrected chi connectivity index (χ0v) is 20.3. The molecule has 35 heavy (non-hydrogen) atoms. The summed E-state index contributed by atoms with van der Waals surface area (Å²) in [5, 5.41) is 15.3. The zero-order chi connectivity index (χ0) is 24.6. The minimum Gasteiger partial charge on any atom is -0.383 e. The van der Waals surface area contributed by atoms with Crippen LogP contribution in [0.25, 0.3) is 21.8 Å². The molecule has 1 aliphatic carbocycles. The Balaban J connectivity index is 1.58. The molecule has 0 unspecified atom stereocenters. The second-order valence-electron chi connectivity index (χ2n) is 9.50. The van der Waals surface area contributed by atoms with Crippen molar-refractivity contribution < 1.29 is 18.3 Å². The van der Waals surface area contributed by atoms with Crippen LogP contribution in [0, 0.1) is 0 Å². The summed E-state index contributed by atoms with van der Waals surface area (Å²) in [7, 11) is 2.00. The number of nitrogens with zero attached hydrogens (tertiary/aromatic N) is 4. The Morgan fingerprint density at radius 2 is 1.86 bits per heavy atom. The number of piperidine rings is 1. The summed E-state index contributed by atoms with van der Waals surface area (Å²) in [4.78, 5) is 16.6. The molecular weight excluding hydrogens is 475 g/mol. The molecule has 3 aromatic rings. The number of halogens is 3. The van der Waals surface area contributed by atoms with Gasteiger partial charge in [-0.25, -0.2) is 15.0 Å². The molecule has 186 valence electrons. The first-order chi connectivity index (χ1) is 16.7. The van der Waals surface area contributed by atoms with E-state index in [-0.39, 0.29) is 0 Å². The Kier molecular flexibility index (Phi) is 6.54. The molecule has 0 spiro atoms. The van der Waals surface area contributed by atoms with Gasteiger partial charge < -0.3 is 15.3 Å². The highest BCUT2D eigenvalue weighted by atomic mass is 32.1. The highest BCUT2D eigenvalue weighted by Crippen LogP contribution is 2.44. The molecule has 0 amide bonds. The highest BCUT2D eigenvalue weighted by molar-refractivity contribution is 7.15. The van der Waals surface area contributed by atoms with Gasteiger partial charge in [0.1, 0.15) is 10.6 Å². The van der Waals surface area contributed by atoms with E-state index in [1.165, 1.54) is 30.2 Å². The maximum absolute atomic E-state index is 13.5. The van der Waals surface area contributed by atoms with Gasteiger partial charge in [-0.15, -0.1) is 11.3 Å². The van der Waals surface area contributed by atoms with Crippen LogP contribution in [0.1, 0.15) is 49.1 Å². The van der Waals surface area contributed by atoms with Crippen LogP contribution in [0.3, 0.4) is 0 Å². The van der Waals surface area contributed by atoms with E-state index in [0.29, 0.717) is 64.8 Å². The normalized spacial score (nSPS) is 19.2. The van der Waals surface area contributed by atoms with Crippen LogP contribution in [0.4, 0.5) is 19.1 Å². The van der Waals surface area contributed by atoms with Crippen molar-refractivity contribution in [3.05, 3.63) is 47.1 Å². The number of anilines is 1. The first-order valence-corrected chi connectivity index (χ1v) is 12.7. The fraction of sp³-hybridized carbons (Fsp3) is 0.480. The summed E-state index contributed by atoms with van der Waals surface area (Å²) in [6.07, 6.45) is 2.68. The number of rotatable bonds is 5. The third kappa shape index (κ3) is 5.19. The van der Waals surface area contributed by atoms with E-state index in [0.717, 1.165) is 25.0 Å². The molecule has 2 N–H and O–H groups in total. The molecule has 10 heteroatoms. The van der Waals surface area contributed by atoms with Crippen molar-refractivity contribution in [3.63, 3.8) is 0 Å². The monoisotopic (exact) mass is 503 g/mol. The lowest BCUT2D eigenvalue weighted by atomic mass is 9.92. The quantitative estimate of drug-likeness (QED) is 0.475. The predicted octanol–water partition coefficient (Wildman–Crippen LogP) is 5.55. The summed E-state index contributed by atoms with van der Waals surface area (Å²) >= 11 is 1.30. The summed E-state index contributed by atoms with van der Waals surface area (Å²) in [6.45, 7) is 1.43. The number of aliphatic hydroxyl groups is 1. The second-order valence-corrected chi connectivity index (χ2v) is 10.5. The molecule has 2 aromatic heterocycles. The lowest BCUT2D eigenvalue weighted by molar-refractivity contribution is -0.137. The van der Waals surface area contributed by atoms with Gasteiger partial charge in [0.25, 0.3) is 0 Å². The van der Waals surface area contributed by atoms with Gasteiger partial charge in [-0.3, -0.25) is 0 Å². The van der Waals surface area contributed by atoms with Crippen LogP contribution < -0.4 is 5.32 Å². The topological polar surface area (TPSA) is 74.2 Å². The van der Waals surface area contributed by atoms with E-state index in [1.807, 2.05) is 7.05 Å². The standard InChI is InChI=1S/C25H28F3N5OS/c1-33-13-10-24(34,11-14-33)22-32-20(16-5-4-6-17(15-16)25(26,27)28)21(35-22)19-9-12-29-23(31-19)30-18-7-2-3-8-18/h4-6,9,12,15,18,34H,2-3,7-8,10-11,13-14H2,1H3,(H,29,30,31). The van der Waals surface area contributed by atoms with E-state index in [1.54, 1.807) is 18.3 Å². The maximum atomic E-state index is 13.5. The van der Waals surface area contributed by atoms with E-state index >= 15 is 0 Å². The largest absolute Gasteiger partial charge is 0.416 e. The fourth-order valence-corrected chi connectivity index (χ4v) is 5.94. The van der Waals surface area contributed by atoms with E-state index in [2.05, 4.69) is 15.2 Å². The molecule has 2 aliphatic rings. The van der Waals surface area contributed by atoms with Gasteiger partial charge in [0.2, 0.25) is 5.95 Å². The van der Waals surface area contributed by atoms with Crippen molar-refractivity contribution in [3.8, 4) is 21.8 Å². The van der Waals surface area contributed by atoms with Crippen molar-refractivity contribution in [2.24, 2.45) is 0 Å². The average molecular weight is 504 g/mol. The van der Waals surface area contributed by atoms with Crippen molar-refractivity contribution in [1.29, 1.82) is 0 Å². The van der Waals surface area contributed by atoms with Crippen LogP contribution >= 0.6 is 11.3 Å². The number of hydrogen-bond donors (Lipinski definition) is 2. The minimum atomic E-state index is -4.46. The summed E-state index contributed by atoms with van der Waals surface area (Å²) in [5.74, 6) is 0.498. The number of alkyl halides is 3. The van der Waals surface area contributed by atoms with Crippen molar-refractivity contribution in [2.45, 2.75) is 56.3 Å². The smallest absolute Gasteiger partial charge is 0.383 e. The van der Waals surface area contributed by atoms with Gasteiger partial charge in [-0.05, 0) is 50.9 Å². The van der Waals surface area contributed by atoms with Crippen LogP contribution in [-0.4, -0.2) is 51.1 Å². The number of hydrogen-bond acceptors (Lipinski definition) is 7. The number of benzene rings is 1. The van der Waals surface area contributed by atoms with Gasteiger partial charge in [0, 0.05) is 30.9 Å². The van der Waals surface area contributed by atoms with Gasteiger partial charge >= 0.3 is 6.18 Å². The molecular formula is C25H28F3N5OS. The molecule has 2 fully saturated rings. The van der Waals surface area contributed by atoms with Crippen LogP contribution in [0.5, 0.6) is 0 Å². The van der Waals surface area contributed by atoms with Crippen molar-refractivity contribution >= 4 is 17.3 Å². The second kappa shape index (κ2) is 9.48. The average Bonchev–Trinajstić information content (AvgIpc) is 3.52.